The van der Waals surface area contributed by atoms with Crippen molar-refractivity contribution < 1.29 is 4.79 Å². The van der Waals surface area contributed by atoms with Crippen molar-refractivity contribution in [1.82, 2.24) is 19.8 Å². The van der Waals surface area contributed by atoms with Crippen LogP contribution in [0.5, 0.6) is 0 Å². The molecule has 3 heterocycles. The summed E-state index contributed by atoms with van der Waals surface area (Å²) in [5.74, 6) is 0.856. The summed E-state index contributed by atoms with van der Waals surface area (Å²) in [6.07, 6.45) is 10.2. The van der Waals surface area contributed by atoms with E-state index in [1.54, 1.807) is 11.1 Å². The van der Waals surface area contributed by atoms with Crippen LogP contribution in [0.2, 0.25) is 0 Å². The Balaban J connectivity index is 1.63. The van der Waals surface area contributed by atoms with E-state index in [1.807, 2.05) is 32.6 Å². The molecule has 1 amide bonds. The van der Waals surface area contributed by atoms with E-state index in [4.69, 9.17) is 0 Å². The SMILES string of the molecule is CN(C)C(=O)CN1CCC[C@H](Cc2ccnc3ccncc23)CC1. The highest BCUT2D eigenvalue weighted by Gasteiger charge is 2.20. The minimum atomic E-state index is 0.194. The van der Waals surface area contributed by atoms with Crippen molar-refractivity contribution in [2.45, 2.75) is 25.7 Å². The smallest absolute Gasteiger partial charge is 0.236 e. The lowest BCUT2D eigenvalue weighted by Crippen LogP contribution is -2.37. The first-order valence-corrected chi connectivity index (χ1v) is 8.73. The minimum absolute atomic E-state index is 0.194. The van der Waals surface area contributed by atoms with E-state index in [-0.39, 0.29) is 5.91 Å². The molecule has 0 aliphatic carbocycles. The molecule has 0 unspecified atom stereocenters. The van der Waals surface area contributed by atoms with Crippen molar-refractivity contribution in [1.29, 1.82) is 0 Å². The van der Waals surface area contributed by atoms with Gasteiger partial charge in [-0.15, -0.1) is 0 Å². The number of likely N-dealkylation sites (tertiary alicyclic amines) is 1. The predicted octanol–water partition coefficient (Wildman–Crippen LogP) is 2.36. The Bertz CT molecular complexity index is 695. The zero-order valence-electron chi connectivity index (χ0n) is 14.6. The van der Waals surface area contributed by atoms with E-state index in [1.165, 1.54) is 17.4 Å². The van der Waals surface area contributed by atoms with Crippen molar-refractivity contribution in [3.8, 4) is 0 Å². The van der Waals surface area contributed by atoms with Crippen molar-refractivity contribution in [3.05, 3.63) is 36.3 Å². The van der Waals surface area contributed by atoms with Gasteiger partial charge in [0.05, 0.1) is 12.1 Å². The second-order valence-electron chi connectivity index (χ2n) is 6.93. The molecular weight excluding hydrogens is 300 g/mol. The fourth-order valence-corrected chi connectivity index (χ4v) is 3.45. The van der Waals surface area contributed by atoms with Crippen LogP contribution in [-0.2, 0) is 11.2 Å². The molecule has 5 heteroatoms. The number of carbonyl (C=O) groups is 1. The first kappa shape index (κ1) is 16.8. The molecule has 5 nitrogen and oxygen atoms in total. The summed E-state index contributed by atoms with van der Waals surface area (Å²) in [5, 5.41) is 1.17. The van der Waals surface area contributed by atoms with Gasteiger partial charge in [0.2, 0.25) is 5.91 Å². The van der Waals surface area contributed by atoms with Crippen LogP contribution in [0, 0.1) is 5.92 Å². The molecule has 0 spiro atoms. The second-order valence-corrected chi connectivity index (χ2v) is 6.93. The van der Waals surface area contributed by atoms with Gasteiger partial charge >= 0.3 is 0 Å². The third-order valence-corrected chi connectivity index (χ3v) is 4.94. The normalized spacial score (nSPS) is 19.2. The molecule has 1 atom stereocenters. The lowest BCUT2D eigenvalue weighted by molar-refractivity contribution is -0.129. The average molecular weight is 326 g/mol. The minimum Gasteiger partial charge on any atom is -0.348 e. The van der Waals surface area contributed by atoms with Gasteiger partial charge in [-0.25, -0.2) is 0 Å². The van der Waals surface area contributed by atoms with Crippen LogP contribution in [0.25, 0.3) is 10.9 Å². The van der Waals surface area contributed by atoms with Crippen LogP contribution in [0.3, 0.4) is 0 Å². The van der Waals surface area contributed by atoms with Gasteiger partial charge in [-0.2, -0.15) is 0 Å². The second kappa shape index (κ2) is 7.71. The number of fused-ring (bicyclic) bond motifs is 1. The summed E-state index contributed by atoms with van der Waals surface area (Å²) in [6.45, 7) is 2.57. The van der Waals surface area contributed by atoms with E-state index in [0.29, 0.717) is 12.5 Å². The number of hydrogen-bond donors (Lipinski definition) is 0. The van der Waals surface area contributed by atoms with Crippen LogP contribution in [0.4, 0.5) is 0 Å². The fourth-order valence-electron chi connectivity index (χ4n) is 3.45. The lowest BCUT2D eigenvalue weighted by atomic mass is 9.92. The maximum Gasteiger partial charge on any atom is 0.236 e. The Hall–Kier alpha value is -2.01. The number of aromatic nitrogens is 2. The summed E-state index contributed by atoms with van der Waals surface area (Å²) < 4.78 is 0. The largest absolute Gasteiger partial charge is 0.348 e. The maximum atomic E-state index is 11.9. The highest BCUT2D eigenvalue weighted by Crippen LogP contribution is 2.25. The van der Waals surface area contributed by atoms with Gasteiger partial charge < -0.3 is 4.90 Å². The molecule has 1 fully saturated rings. The van der Waals surface area contributed by atoms with E-state index in [2.05, 4.69) is 20.9 Å². The highest BCUT2D eigenvalue weighted by atomic mass is 16.2. The van der Waals surface area contributed by atoms with Crippen LogP contribution >= 0.6 is 0 Å². The molecule has 128 valence electrons. The summed E-state index contributed by atoms with van der Waals surface area (Å²) in [7, 11) is 3.65. The van der Waals surface area contributed by atoms with Crippen molar-refractivity contribution in [2.75, 3.05) is 33.7 Å². The zero-order chi connectivity index (χ0) is 16.9. The summed E-state index contributed by atoms with van der Waals surface area (Å²) in [6, 6.07) is 4.10. The number of nitrogens with zero attached hydrogens (tertiary/aromatic N) is 4. The van der Waals surface area contributed by atoms with Gasteiger partial charge in [-0.1, -0.05) is 0 Å². The van der Waals surface area contributed by atoms with Crippen molar-refractivity contribution in [2.24, 2.45) is 5.92 Å². The Morgan fingerprint density at radius 2 is 2.12 bits per heavy atom. The number of likely N-dealkylation sites (N-methyl/N-ethyl adjacent to an activating group) is 1. The monoisotopic (exact) mass is 326 g/mol. The third-order valence-electron chi connectivity index (χ3n) is 4.94. The molecule has 0 bridgehead atoms. The van der Waals surface area contributed by atoms with Gasteiger partial charge in [-0.3, -0.25) is 19.7 Å². The summed E-state index contributed by atoms with van der Waals surface area (Å²) in [5.41, 5.74) is 2.37. The molecule has 0 saturated carbocycles. The Morgan fingerprint density at radius 3 is 2.96 bits per heavy atom. The van der Waals surface area contributed by atoms with Crippen molar-refractivity contribution >= 4 is 16.8 Å². The number of hydrogen-bond acceptors (Lipinski definition) is 4. The number of carbonyl (C=O) groups excluding carboxylic acids is 1. The fraction of sp³-hybridized carbons (Fsp3) is 0.526. The topological polar surface area (TPSA) is 49.3 Å². The molecule has 24 heavy (non-hydrogen) atoms. The van der Waals surface area contributed by atoms with Crippen LogP contribution in [0.15, 0.2) is 30.7 Å². The Labute approximate surface area is 143 Å². The number of pyridine rings is 2. The van der Waals surface area contributed by atoms with Crippen LogP contribution < -0.4 is 0 Å². The molecule has 0 N–H and O–H groups in total. The average Bonchev–Trinajstić information content (AvgIpc) is 2.80. The molecule has 0 radical (unpaired) electrons. The summed E-state index contributed by atoms with van der Waals surface area (Å²) in [4.78, 5) is 24.6. The molecule has 2 aromatic heterocycles. The Morgan fingerprint density at radius 1 is 1.25 bits per heavy atom. The number of rotatable bonds is 4. The first-order chi connectivity index (χ1) is 11.6. The quantitative estimate of drug-likeness (QED) is 0.865. The molecule has 3 rings (SSSR count). The zero-order valence-corrected chi connectivity index (χ0v) is 14.6. The van der Waals surface area contributed by atoms with Crippen LogP contribution in [0.1, 0.15) is 24.8 Å². The van der Waals surface area contributed by atoms with Gasteiger partial charge in [0, 0.05) is 38.1 Å². The first-order valence-electron chi connectivity index (χ1n) is 8.73. The lowest BCUT2D eigenvalue weighted by Gasteiger charge is -2.21. The molecule has 1 aliphatic rings. The Kier molecular flexibility index (Phi) is 5.41. The van der Waals surface area contributed by atoms with E-state index in [9.17, 15) is 4.79 Å². The van der Waals surface area contributed by atoms with E-state index < -0.39 is 0 Å². The van der Waals surface area contributed by atoms with Gasteiger partial charge in [-0.05, 0) is 62.4 Å². The van der Waals surface area contributed by atoms with Crippen LogP contribution in [-0.4, -0.2) is 59.4 Å². The van der Waals surface area contributed by atoms with Gasteiger partial charge in [0.1, 0.15) is 0 Å². The van der Waals surface area contributed by atoms with Gasteiger partial charge in [0.15, 0.2) is 0 Å². The van der Waals surface area contributed by atoms with Crippen molar-refractivity contribution in [3.63, 3.8) is 0 Å². The highest BCUT2D eigenvalue weighted by molar-refractivity contribution is 5.80. The predicted molar refractivity (Wildman–Crippen MR) is 95.7 cm³/mol. The third kappa shape index (κ3) is 4.09. The van der Waals surface area contributed by atoms with E-state index in [0.717, 1.165) is 37.9 Å². The molecule has 0 aromatic carbocycles. The molecule has 1 aliphatic heterocycles. The molecular formula is C19H26N4O. The summed E-state index contributed by atoms with van der Waals surface area (Å²) >= 11 is 0. The van der Waals surface area contributed by atoms with Gasteiger partial charge in [0.25, 0.3) is 0 Å². The molecule has 1 saturated heterocycles. The number of amides is 1. The maximum absolute atomic E-state index is 11.9. The standard InChI is InChI=1S/C19H26N4O/c1-22(2)19(24)14-23-10-3-4-15(7-11-23)12-16-5-9-21-18-6-8-20-13-17(16)18/h5-6,8-9,13,15H,3-4,7,10-12,14H2,1-2H3/t15-/m0/s1. The molecule has 2 aromatic rings. The van der Waals surface area contributed by atoms with E-state index >= 15 is 0 Å².